The predicted molar refractivity (Wildman–Crippen MR) is 60.6 cm³/mol. The zero-order chi connectivity index (χ0) is 10.6. The molecule has 0 unspecified atom stereocenters. The Labute approximate surface area is 89.1 Å². The lowest BCUT2D eigenvalue weighted by Crippen LogP contribution is -2.38. The van der Waals surface area contributed by atoms with Crippen molar-refractivity contribution < 1.29 is 0 Å². The molecule has 1 aromatic rings. The van der Waals surface area contributed by atoms with E-state index in [1.807, 2.05) is 0 Å². The highest BCUT2D eigenvalue weighted by Crippen LogP contribution is 2.21. The van der Waals surface area contributed by atoms with Crippen LogP contribution in [0.5, 0.6) is 0 Å². The molecule has 14 heavy (non-hydrogen) atoms. The molecule has 1 rings (SSSR count). The van der Waals surface area contributed by atoms with E-state index in [1.165, 1.54) is 0 Å². The fourth-order valence-electron chi connectivity index (χ4n) is 1.20. The molecule has 0 spiro atoms. The molecule has 0 atom stereocenters. The normalized spacial score (nSPS) is 11.7. The van der Waals surface area contributed by atoms with Crippen LogP contribution in [0.3, 0.4) is 0 Å². The molecule has 0 saturated heterocycles. The Bertz CT molecular complexity index is 258. The summed E-state index contributed by atoms with van der Waals surface area (Å²) in [7, 11) is 0. The second kappa shape index (κ2) is 4.70. The minimum atomic E-state index is 0.127. The van der Waals surface area contributed by atoms with Crippen LogP contribution in [0.15, 0.2) is 5.51 Å². The van der Waals surface area contributed by atoms with Crippen LogP contribution in [0.2, 0.25) is 0 Å². The monoisotopic (exact) mass is 214 g/mol. The summed E-state index contributed by atoms with van der Waals surface area (Å²) >= 11 is 1.57. The highest BCUT2D eigenvalue weighted by molar-refractivity contribution is 7.13. The molecule has 80 valence electrons. The zero-order valence-electron chi connectivity index (χ0n) is 9.03. The van der Waals surface area contributed by atoms with E-state index < -0.39 is 0 Å². The van der Waals surface area contributed by atoms with E-state index in [0.29, 0.717) is 6.54 Å². The highest BCUT2D eigenvalue weighted by atomic mass is 32.1. The summed E-state index contributed by atoms with van der Waals surface area (Å²) in [6, 6.07) is 0. The minimum Gasteiger partial charge on any atom is -0.346 e. The summed E-state index contributed by atoms with van der Waals surface area (Å²) in [5.41, 5.74) is 7.59. The van der Waals surface area contributed by atoms with E-state index in [4.69, 9.17) is 5.73 Å². The first kappa shape index (κ1) is 11.4. The van der Waals surface area contributed by atoms with Crippen molar-refractivity contribution in [3.8, 4) is 0 Å². The van der Waals surface area contributed by atoms with E-state index in [2.05, 4.69) is 35.9 Å². The molecule has 1 heterocycles. The highest BCUT2D eigenvalue weighted by Gasteiger charge is 2.20. The molecule has 1 aromatic heterocycles. The second-order valence-corrected chi connectivity index (χ2v) is 4.92. The molecule has 0 radical (unpaired) electrons. The second-order valence-electron chi connectivity index (χ2n) is 4.10. The van der Waals surface area contributed by atoms with Crippen molar-refractivity contribution in [2.45, 2.75) is 20.8 Å². The molecule has 0 aliphatic heterocycles. The van der Waals surface area contributed by atoms with Crippen molar-refractivity contribution in [3.05, 3.63) is 5.51 Å². The predicted octanol–water partition coefficient (Wildman–Crippen LogP) is 1.35. The smallest absolute Gasteiger partial charge is 0.208 e. The number of nitrogens with two attached hydrogens (primary N) is 1. The Hall–Kier alpha value is -0.680. The third kappa shape index (κ3) is 2.92. The lowest BCUT2D eigenvalue weighted by molar-refractivity contribution is 0.379. The summed E-state index contributed by atoms with van der Waals surface area (Å²) in [5, 5.41) is 8.88. The zero-order valence-corrected chi connectivity index (χ0v) is 9.84. The van der Waals surface area contributed by atoms with Crippen molar-refractivity contribution in [2.75, 3.05) is 24.5 Å². The molecule has 0 amide bonds. The van der Waals surface area contributed by atoms with Crippen LogP contribution in [0, 0.1) is 5.41 Å². The fourth-order valence-corrected chi connectivity index (χ4v) is 1.83. The maximum Gasteiger partial charge on any atom is 0.208 e. The summed E-state index contributed by atoms with van der Waals surface area (Å²) in [6.45, 7) is 9.00. The molecule has 0 saturated carbocycles. The number of hydrogen-bond donors (Lipinski definition) is 1. The Kier molecular flexibility index (Phi) is 3.83. The van der Waals surface area contributed by atoms with Crippen LogP contribution in [-0.2, 0) is 0 Å². The lowest BCUT2D eigenvalue weighted by atomic mass is 9.93. The van der Waals surface area contributed by atoms with Gasteiger partial charge in [-0.05, 0) is 18.9 Å². The first-order valence-corrected chi connectivity index (χ1v) is 5.68. The first-order valence-electron chi connectivity index (χ1n) is 4.80. The van der Waals surface area contributed by atoms with Crippen molar-refractivity contribution >= 4 is 16.5 Å². The number of rotatable bonds is 5. The van der Waals surface area contributed by atoms with Crippen molar-refractivity contribution in [3.63, 3.8) is 0 Å². The third-order valence-corrected chi connectivity index (χ3v) is 2.92. The maximum atomic E-state index is 5.70. The number of hydrogen-bond acceptors (Lipinski definition) is 5. The third-order valence-electron chi connectivity index (χ3n) is 2.17. The van der Waals surface area contributed by atoms with Crippen LogP contribution in [0.4, 0.5) is 5.13 Å². The van der Waals surface area contributed by atoms with Crippen molar-refractivity contribution in [2.24, 2.45) is 11.1 Å². The van der Waals surface area contributed by atoms with Gasteiger partial charge in [0.15, 0.2) is 0 Å². The topological polar surface area (TPSA) is 55.0 Å². The van der Waals surface area contributed by atoms with Gasteiger partial charge in [-0.15, -0.1) is 10.2 Å². The maximum absolute atomic E-state index is 5.70. The molecule has 0 fully saturated rings. The Morgan fingerprint density at radius 1 is 1.57 bits per heavy atom. The van der Waals surface area contributed by atoms with E-state index >= 15 is 0 Å². The Balaban J connectivity index is 2.65. The van der Waals surface area contributed by atoms with E-state index in [0.717, 1.165) is 18.2 Å². The SMILES string of the molecule is CCN(CC(C)(C)CN)c1nncs1. The van der Waals surface area contributed by atoms with Crippen LogP contribution in [-0.4, -0.2) is 29.8 Å². The molecular formula is C9H18N4S. The average molecular weight is 214 g/mol. The van der Waals surface area contributed by atoms with E-state index in [1.54, 1.807) is 16.8 Å². The average Bonchev–Trinajstić information content (AvgIpc) is 2.67. The van der Waals surface area contributed by atoms with Gasteiger partial charge in [-0.2, -0.15) is 0 Å². The fraction of sp³-hybridized carbons (Fsp3) is 0.778. The Morgan fingerprint density at radius 2 is 2.29 bits per heavy atom. The number of nitrogens with zero attached hydrogens (tertiary/aromatic N) is 3. The van der Waals surface area contributed by atoms with Gasteiger partial charge >= 0.3 is 0 Å². The lowest BCUT2D eigenvalue weighted by Gasteiger charge is -2.30. The van der Waals surface area contributed by atoms with E-state index in [-0.39, 0.29) is 5.41 Å². The van der Waals surface area contributed by atoms with Gasteiger partial charge in [-0.3, -0.25) is 0 Å². The quantitative estimate of drug-likeness (QED) is 0.804. The first-order chi connectivity index (χ1) is 6.59. The van der Waals surface area contributed by atoms with Gasteiger partial charge in [-0.25, -0.2) is 0 Å². The molecule has 4 nitrogen and oxygen atoms in total. The summed E-state index contributed by atoms with van der Waals surface area (Å²) in [5.74, 6) is 0. The van der Waals surface area contributed by atoms with Crippen LogP contribution in [0.1, 0.15) is 20.8 Å². The summed E-state index contributed by atoms with van der Waals surface area (Å²) < 4.78 is 0. The molecule has 0 aliphatic carbocycles. The van der Waals surface area contributed by atoms with Gasteiger partial charge in [0.25, 0.3) is 0 Å². The standard InChI is InChI=1S/C9H18N4S/c1-4-13(6-9(2,3)5-10)8-12-11-7-14-8/h7H,4-6,10H2,1-3H3. The van der Waals surface area contributed by atoms with Gasteiger partial charge in [0.2, 0.25) is 5.13 Å². The number of anilines is 1. The van der Waals surface area contributed by atoms with Gasteiger partial charge in [0, 0.05) is 13.1 Å². The van der Waals surface area contributed by atoms with Crippen LogP contribution < -0.4 is 10.6 Å². The van der Waals surface area contributed by atoms with Gasteiger partial charge < -0.3 is 10.6 Å². The molecule has 0 aromatic carbocycles. The van der Waals surface area contributed by atoms with Crippen LogP contribution >= 0.6 is 11.3 Å². The van der Waals surface area contributed by atoms with Crippen molar-refractivity contribution in [1.29, 1.82) is 0 Å². The van der Waals surface area contributed by atoms with Gasteiger partial charge in [0.1, 0.15) is 5.51 Å². The summed E-state index contributed by atoms with van der Waals surface area (Å²) in [6.07, 6.45) is 0. The van der Waals surface area contributed by atoms with Crippen LogP contribution in [0.25, 0.3) is 0 Å². The van der Waals surface area contributed by atoms with Crippen molar-refractivity contribution in [1.82, 2.24) is 10.2 Å². The minimum absolute atomic E-state index is 0.127. The van der Waals surface area contributed by atoms with Gasteiger partial charge in [0.05, 0.1) is 0 Å². The number of aromatic nitrogens is 2. The largest absolute Gasteiger partial charge is 0.346 e. The molecule has 2 N–H and O–H groups in total. The molecular weight excluding hydrogens is 196 g/mol. The summed E-state index contributed by atoms with van der Waals surface area (Å²) in [4.78, 5) is 2.21. The molecule has 5 heteroatoms. The van der Waals surface area contributed by atoms with E-state index in [9.17, 15) is 0 Å². The Morgan fingerprint density at radius 3 is 2.71 bits per heavy atom. The molecule has 0 aliphatic rings. The molecule has 0 bridgehead atoms. The van der Waals surface area contributed by atoms with Gasteiger partial charge in [-0.1, -0.05) is 25.2 Å².